The fourth-order valence-corrected chi connectivity index (χ4v) is 6.72. The lowest BCUT2D eigenvalue weighted by Gasteiger charge is -2.42. The minimum atomic E-state index is -5.08. The molecule has 260 valence electrons. The molecule has 3 fully saturated rings. The molecule has 15 heteroatoms. The number of hydrogen-bond donors (Lipinski definition) is 2. The van der Waals surface area contributed by atoms with E-state index < -0.39 is 59.1 Å². The normalized spacial score (nSPS) is 23.7. The predicted octanol–water partition coefficient (Wildman–Crippen LogP) is 5.35. The van der Waals surface area contributed by atoms with Gasteiger partial charge in [-0.05, 0) is 53.8 Å². The zero-order chi connectivity index (χ0) is 35.7. The van der Waals surface area contributed by atoms with Crippen LogP contribution in [0.2, 0.25) is 0 Å². The number of amides is 3. The predicted molar refractivity (Wildman–Crippen MR) is 160 cm³/mol. The van der Waals surface area contributed by atoms with Gasteiger partial charge in [0.2, 0.25) is 17.7 Å². The first kappa shape index (κ1) is 35.4. The average Bonchev–Trinajstić information content (AvgIpc) is 3.53. The fraction of sp³-hybridized carbons (Fsp3) is 0.353. The van der Waals surface area contributed by atoms with E-state index in [1.54, 1.807) is 12.0 Å². The van der Waals surface area contributed by atoms with Crippen molar-refractivity contribution in [2.75, 3.05) is 13.7 Å². The monoisotopic (exact) mass is 691 g/mol. The van der Waals surface area contributed by atoms with Crippen LogP contribution in [0.1, 0.15) is 41.1 Å². The number of carboxylic acid groups (broad SMARTS) is 1. The first-order valence-corrected chi connectivity index (χ1v) is 15.1. The van der Waals surface area contributed by atoms with Gasteiger partial charge in [-0.25, -0.2) is 4.79 Å². The maximum atomic E-state index is 14.3. The van der Waals surface area contributed by atoms with E-state index in [1.807, 2.05) is 54.6 Å². The SMILES string of the molecule is COc1ccc(CN2CCC[C@]3(N[C@H](c4ccc(C(F)(F)F)cc4)[C@@H]4C(=O)N(Cc5ccccc5)C(=O)[C@@H]43)C2=O)cc1.O=C(O)C(F)(F)F. The molecule has 49 heavy (non-hydrogen) atoms. The summed E-state index contributed by atoms with van der Waals surface area (Å²) in [5.74, 6) is -5.12. The molecule has 0 unspecified atom stereocenters. The Hall–Kier alpha value is -4.92. The molecule has 0 aliphatic carbocycles. The van der Waals surface area contributed by atoms with Crippen LogP contribution in [-0.4, -0.2) is 64.0 Å². The number of ether oxygens (including phenoxy) is 1. The summed E-state index contributed by atoms with van der Waals surface area (Å²) in [4.78, 5) is 54.1. The van der Waals surface area contributed by atoms with E-state index in [0.717, 1.165) is 23.3 Å². The fourth-order valence-electron chi connectivity index (χ4n) is 6.72. The van der Waals surface area contributed by atoms with Crippen molar-refractivity contribution < 1.29 is 55.4 Å². The van der Waals surface area contributed by atoms with Crippen LogP contribution in [0, 0.1) is 11.8 Å². The lowest BCUT2D eigenvalue weighted by Crippen LogP contribution is -2.63. The number of fused-ring (bicyclic) bond motifs is 2. The van der Waals surface area contributed by atoms with Crippen molar-refractivity contribution >= 4 is 23.7 Å². The van der Waals surface area contributed by atoms with E-state index in [0.29, 0.717) is 37.2 Å². The largest absolute Gasteiger partial charge is 0.497 e. The highest BCUT2D eigenvalue weighted by Crippen LogP contribution is 2.52. The number of halogens is 6. The molecule has 3 amide bonds. The standard InChI is InChI=1S/C32H30F3N3O4.C2HF3O2/c1-42-24-14-8-21(9-15-24)18-37-17-5-16-31(30(37)41)26-25(27(36-31)22-10-12-23(13-11-22)32(33,34)35)28(39)38(29(26)40)19-20-6-3-2-4-7-20;3-2(4,5)1(6)7/h2-4,6-15,25-27,36H,5,16-19H2,1H3;(H,6,7)/t25-,26-,27-,31-;/m1./s1. The van der Waals surface area contributed by atoms with Crippen molar-refractivity contribution in [1.82, 2.24) is 15.1 Å². The van der Waals surface area contributed by atoms with E-state index in [4.69, 9.17) is 14.6 Å². The van der Waals surface area contributed by atoms with E-state index in [-0.39, 0.29) is 12.5 Å². The Labute approximate surface area is 276 Å². The van der Waals surface area contributed by atoms with Gasteiger partial charge in [0.25, 0.3) is 0 Å². The summed E-state index contributed by atoms with van der Waals surface area (Å²) in [6.45, 7) is 0.849. The zero-order valence-electron chi connectivity index (χ0n) is 25.9. The number of likely N-dealkylation sites (tertiary alicyclic amines) is 2. The van der Waals surface area contributed by atoms with Gasteiger partial charge in [-0.1, -0.05) is 54.6 Å². The minimum absolute atomic E-state index is 0.0606. The molecule has 3 saturated heterocycles. The van der Waals surface area contributed by atoms with Crippen LogP contribution in [0.25, 0.3) is 0 Å². The Morgan fingerprint density at radius 3 is 2.02 bits per heavy atom. The molecular weight excluding hydrogens is 660 g/mol. The number of carbonyl (C=O) groups is 4. The van der Waals surface area contributed by atoms with E-state index in [9.17, 15) is 40.7 Å². The van der Waals surface area contributed by atoms with Crippen molar-refractivity contribution in [2.45, 2.75) is 49.9 Å². The molecule has 6 rings (SSSR count). The molecule has 0 radical (unpaired) electrons. The summed E-state index contributed by atoms with van der Waals surface area (Å²) in [5, 5.41) is 10.5. The third kappa shape index (κ3) is 7.12. The molecule has 9 nitrogen and oxygen atoms in total. The van der Waals surface area contributed by atoms with Crippen molar-refractivity contribution in [3.63, 3.8) is 0 Å². The number of carbonyl (C=O) groups excluding carboxylic acids is 3. The van der Waals surface area contributed by atoms with Gasteiger partial charge in [-0.15, -0.1) is 0 Å². The molecular formula is C34H31F6N3O6. The minimum Gasteiger partial charge on any atom is -0.497 e. The maximum absolute atomic E-state index is 14.3. The summed E-state index contributed by atoms with van der Waals surface area (Å²) >= 11 is 0. The number of carboxylic acids is 1. The summed E-state index contributed by atoms with van der Waals surface area (Å²) < 4.78 is 76.9. The van der Waals surface area contributed by atoms with Crippen LogP contribution in [0.15, 0.2) is 78.9 Å². The van der Waals surface area contributed by atoms with Gasteiger partial charge in [-0.3, -0.25) is 24.6 Å². The number of piperidine rings is 1. The number of aliphatic carboxylic acids is 1. The van der Waals surface area contributed by atoms with Crippen LogP contribution in [-0.2, 0) is 38.4 Å². The zero-order valence-corrected chi connectivity index (χ0v) is 25.9. The number of benzene rings is 3. The molecule has 4 atom stereocenters. The number of nitrogens with one attached hydrogen (secondary N) is 1. The molecule has 3 aromatic carbocycles. The molecule has 1 spiro atoms. The summed E-state index contributed by atoms with van der Waals surface area (Å²) in [7, 11) is 1.57. The highest BCUT2D eigenvalue weighted by atomic mass is 19.4. The van der Waals surface area contributed by atoms with Gasteiger partial charge in [0.1, 0.15) is 11.3 Å². The van der Waals surface area contributed by atoms with Crippen LogP contribution in [0.5, 0.6) is 5.75 Å². The molecule has 3 heterocycles. The van der Waals surface area contributed by atoms with E-state index in [1.165, 1.54) is 17.0 Å². The Morgan fingerprint density at radius 2 is 1.47 bits per heavy atom. The van der Waals surface area contributed by atoms with Gasteiger partial charge >= 0.3 is 18.3 Å². The van der Waals surface area contributed by atoms with Crippen molar-refractivity contribution in [3.05, 3.63) is 101 Å². The van der Waals surface area contributed by atoms with Gasteiger partial charge in [-0.2, -0.15) is 26.3 Å². The molecule has 2 N–H and O–H groups in total. The third-order valence-electron chi connectivity index (χ3n) is 8.97. The smallest absolute Gasteiger partial charge is 0.490 e. The summed E-state index contributed by atoms with van der Waals surface area (Å²) in [6, 6.07) is 20.3. The highest BCUT2D eigenvalue weighted by molar-refractivity contribution is 6.10. The van der Waals surface area contributed by atoms with Gasteiger partial charge < -0.3 is 14.7 Å². The van der Waals surface area contributed by atoms with Crippen molar-refractivity contribution in [1.29, 1.82) is 0 Å². The first-order chi connectivity index (χ1) is 23.1. The Kier molecular flexibility index (Phi) is 9.77. The molecule has 0 aromatic heterocycles. The molecule has 3 aliphatic rings. The van der Waals surface area contributed by atoms with Gasteiger partial charge in [0.15, 0.2) is 0 Å². The van der Waals surface area contributed by atoms with E-state index in [2.05, 4.69) is 5.32 Å². The van der Waals surface area contributed by atoms with Crippen LogP contribution < -0.4 is 10.1 Å². The second-order valence-electron chi connectivity index (χ2n) is 11.9. The number of rotatable bonds is 6. The molecule has 3 aromatic rings. The first-order valence-electron chi connectivity index (χ1n) is 15.1. The lowest BCUT2D eigenvalue weighted by atomic mass is 9.74. The lowest BCUT2D eigenvalue weighted by molar-refractivity contribution is -0.192. The number of nitrogens with zero attached hydrogens (tertiary/aromatic N) is 2. The maximum Gasteiger partial charge on any atom is 0.490 e. The van der Waals surface area contributed by atoms with Crippen LogP contribution in [0.4, 0.5) is 26.3 Å². The summed E-state index contributed by atoms with van der Waals surface area (Å²) in [5.41, 5.74) is -0.0916. The van der Waals surface area contributed by atoms with Crippen LogP contribution >= 0.6 is 0 Å². The van der Waals surface area contributed by atoms with Crippen molar-refractivity contribution in [3.8, 4) is 5.75 Å². The number of methoxy groups -OCH3 is 1. The average molecular weight is 692 g/mol. The topological polar surface area (TPSA) is 116 Å². The van der Waals surface area contributed by atoms with E-state index >= 15 is 0 Å². The summed E-state index contributed by atoms with van der Waals surface area (Å²) in [6.07, 6.45) is -8.67. The third-order valence-corrected chi connectivity index (χ3v) is 8.97. The number of hydrogen-bond acceptors (Lipinski definition) is 6. The second kappa shape index (κ2) is 13.5. The molecule has 3 aliphatic heterocycles. The van der Waals surface area contributed by atoms with Gasteiger partial charge in [0.05, 0.1) is 31.1 Å². The van der Waals surface area contributed by atoms with Crippen LogP contribution in [0.3, 0.4) is 0 Å². The Balaban J connectivity index is 0.000000606. The Bertz CT molecular complexity index is 1700. The quantitative estimate of drug-likeness (QED) is 0.265. The van der Waals surface area contributed by atoms with Crippen molar-refractivity contribution in [2.24, 2.45) is 11.8 Å². The molecule has 0 bridgehead atoms. The highest BCUT2D eigenvalue weighted by Gasteiger charge is 2.69. The second-order valence-corrected chi connectivity index (χ2v) is 11.9. The number of alkyl halides is 6. The Morgan fingerprint density at radius 1 is 0.878 bits per heavy atom. The molecule has 0 saturated carbocycles. The number of imide groups is 1. The van der Waals surface area contributed by atoms with Gasteiger partial charge in [0, 0.05) is 19.1 Å².